The molecule has 0 atom stereocenters. The van der Waals surface area contributed by atoms with E-state index in [1.807, 2.05) is 36.4 Å². The molecule has 0 bridgehead atoms. The van der Waals surface area contributed by atoms with Gasteiger partial charge in [-0.1, -0.05) is 24.3 Å². The lowest BCUT2D eigenvalue weighted by atomic mass is 10.1. The van der Waals surface area contributed by atoms with Gasteiger partial charge in [0.25, 0.3) is 0 Å². The van der Waals surface area contributed by atoms with Gasteiger partial charge in [0.2, 0.25) is 5.43 Å². The SMILES string of the molecule is CN=c1c(=O)c2cc3ccccc3cc2c1=NC. The van der Waals surface area contributed by atoms with E-state index in [-0.39, 0.29) is 5.43 Å². The largest absolute Gasteiger partial charge is 0.287 e. The summed E-state index contributed by atoms with van der Waals surface area (Å²) in [5.41, 5.74) is -0.0288. The Morgan fingerprint density at radius 1 is 0.833 bits per heavy atom. The first kappa shape index (κ1) is 10.8. The van der Waals surface area contributed by atoms with Gasteiger partial charge < -0.3 is 0 Å². The molecule has 0 aliphatic heterocycles. The van der Waals surface area contributed by atoms with Crippen LogP contribution in [0.4, 0.5) is 0 Å². The van der Waals surface area contributed by atoms with Crippen LogP contribution in [-0.2, 0) is 0 Å². The number of hydrogen-bond donors (Lipinski definition) is 0. The Morgan fingerprint density at radius 2 is 1.39 bits per heavy atom. The van der Waals surface area contributed by atoms with Crippen LogP contribution in [0.25, 0.3) is 21.5 Å². The normalized spacial score (nSPS) is 13.9. The second-order valence-electron chi connectivity index (χ2n) is 4.22. The lowest BCUT2D eigenvalue weighted by Gasteiger charge is -1.96. The van der Waals surface area contributed by atoms with Crippen LogP contribution in [0.5, 0.6) is 0 Å². The minimum Gasteiger partial charge on any atom is -0.287 e. The van der Waals surface area contributed by atoms with E-state index in [0.717, 1.165) is 16.2 Å². The molecule has 0 saturated carbocycles. The van der Waals surface area contributed by atoms with Gasteiger partial charge in [-0.3, -0.25) is 14.8 Å². The van der Waals surface area contributed by atoms with Gasteiger partial charge in [-0.05, 0) is 22.9 Å². The van der Waals surface area contributed by atoms with E-state index < -0.39 is 0 Å². The second-order valence-corrected chi connectivity index (χ2v) is 4.22. The summed E-state index contributed by atoms with van der Waals surface area (Å²) in [5, 5.41) is 4.93. The monoisotopic (exact) mass is 236 g/mol. The van der Waals surface area contributed by atoms with Gasteiger partial charge >= 0.3 is 0 Å². The van der Waals surface area contributed by atoms with E-state index in [1.54, 1.807) is 14.1 Å². The third kappa shape index (κ3) is 1.34. The Hall–Kier alpha value is -2.29. The highest BCUT2D eigenvalue weighted by Gasteiger charge is 2.09. The standard InChI is InChI=1S/C15H12N2O/c1-16-13-11-7-9-5-3-4-6-10(9)8-12(11)15(18)14(13)17-2/h3-8H,1-2H3. The van der Waals surface area contributed by atoms with E-state index in [9.17, 15) is 4.79 Å². The molecule has 3 rings (SSSR count). The van der Waals surface area contributed by atoms with Gasteiger partial charge in [-0.25, -0.2) is 0 Å². The van der Waals surface area contributed by atoms with Crippen molar-refractivity contribution in [1.29, 1.82) is 0 Å². The first-order chi connectivity index (χ1) is 8.76. The molecule has 0 radical (unpaired) electrons. The van der Waals surface area contributed by atoms with Crippen LogP contribution >= 0.6 is 0 Å². The molecule has 0 aromatic heterocycles. The molecular formula is C15H12N2O. The molecule has 3 aromatic rings. The molecule has 0 spiro atoms. The highest BCUT2D eigenvalue weighted by atomic mass is 16.1. The molecule has 18 heavy (non-hydrogen) atoms. The number of rotatable bonds is 0. The van der Waals surface area contributed by atoms with Crippen molar-refractivity contribution in [3.8, 4) is 0 Å². The lowest BCUT2D eigenvalue weighted by Crippen LogP contribution is -2.32. The second kappa shape index (κ2) is 3.88. The third-order valence-corrected chi connectivity index (χ3v) is 3.27. The van der Waals surface area contributed by atoms with Gasteiger partial charge in [0.1, 0.15) is 5.36 Å². The van der Waals surface area contributed by atoms with E-state index >= 15 is 0 Å². The molecule has 0 N–H and O–H groups in total. The van der Waals surface area contributed by atoms with Crippen molar-refractivity contribution in [2.75, 3.05) is 14.1 Å². The summed E-state index contributed by atoms with van der Waals surface area (Å²) in [6.07, 6.45) is 0. The van der Waals surface area contributed by atoms with Crippen LogP contribution in [0.2, 0.25) is 0 Å². The number of nitrogens with zero attached hydrogens (tertiary/aromatic N) is 2. The first-order valence-electron chi connectivity index (χ1n) is 5.78. The van der Waals surface area contributed by atoms with E-state index in [2.05, 4.69) is 9.98 Å². The van der Waals surface area contributed by atoms with Crippen molar-refractivity contribution in [3.05, 3.63) is 57.3 Å². The summed E-state index contributed by atoms with van der Waals surface area (Å²) in [7, 11) is 3.32. The zero-order valence-electron chi connectivity index (χ0n) is 10.3. The third-order valence-electron chi connectivity index (χ3n) is 3.27. The average Bonchev–Trinajstić information content (AvgIpc) is 2.68. The van der Waals surface area contributed by atoms with Crippen LogP contribution in [0.3, 0.4) is 0 Å². The quantitative estimate of drug-likeness (QED) is 0.580. The molecule has 3 heteroatoms. The predicted octanol–water partition coefficient (Wildman–Crippen LogP) is 1.29. The highest BCUT2D eigenvalue weighted by Crippen LogP contribution is 2.18. The fourth-order valence-corrected chi connectivity index (χ4v) is 2.42. The fourth-order valence-electron chi connectivity index (χ4n) is 2.42. The molecule has 0 unspecified atom stereocenters. The van der Waals surface area contributed by atoms with Crippen LogP contribution in [0.15, 0.2) is 51.2 Å². The maximum atomic E-state index is 12.2. The molecule has 0 aliphatic rings. The van der Waals surface area contributed by atoms with Crippen molar-refractivity contribution in [2.24, 2.45) is 9.98 Å². The molecule has 0 heterocycles. The molecule has 0 aliphatic carbocycles. The Balaban J connectivity index is 2.71. The summed E-state index contributed by atoms with van der Waals surface area (Å²) in [5.74, 6) is 0. The Kier molecular flexibility index (Phi) is 2.33. The Morgan fingerprint density at radius 3 is 1.94 bits per heavy atom. The molecule has 0 fully saturated rings. The van der Waals surface area contributed by atoms with Gasteiger partial charge in [0.15, 0.2) is 0 Å². The summed E-state index contributed by atoms with van der Waals surface area (Å²) in [6, 6.07) is 11.9. The van der Waals surface area contributed by atoms with E-state index in [0.29, 0.717) is 16.1 Å². The fraction of sp³-hybridized carbons (Fsp3) is 0.133. The predicted molar refractivity (Wildman–Crippen MR) is 73.1 cm³/mol. The van der Waals surface area contributed by atoms with Crippen molar-refractivity contribution in [3.63, 3.8) is 0 Å². The minimum atomic E-state index is -0.0288. The Bertz CT molecular complexity index is 913. The Labute approximate surface area is 103 Å². The number of benzene rings is 2. The topological polar surface area (TPSA) is 41.8 Å². The molecule has 3 nitrogen and oxygen atoms in total. The average molecular weight is 236 g/mol. The summed E-state index contributed by atoms with van der Waals surface area (Å²) >= 11 is 0. The van der Waals surface area contributed by atoms with Crippen LogP contribution < -0.4 is 16.1 Å². The highest BCUT2D eigenvalue weighted by molar-refractivity contribution is 5.98. The number of hydrogen-bond acceptors (Lipinski definition) is 3. The minimum absolute atomic E-state index is 0.0288. The zero-order valence-corrected chi connectivity index (χ0v) is 10.3. The van der Waals surface area contributed by atoms with Crippen molar-refractivity contribution < 1.29 is 0 Å². The van der Waals surface area contributed by atoms with Crippen LogP contribution in [0, 0.1) is 0 Å². The van der Waals surface area contributed by atoms with E-state index in [1.165, 1.54) is 0 Å². The molecule has 0 amide bonds. The van der Waals surface area contributed by atoms with E-state index in [4.69, 9.17) is 0 Å². The smallest absolute Gasteiger partial charge is 0.213 e. The van der Waals surface area contributed by atoms with Gasteiger partial charge in [-0.15, -0.1) is 0 Å². The van der Waals surface area contributed by atoms with Gasteiger partial charge in [-0.2, -0.15) is 0 Å². The van der Waals surface area contributed by atoms with Gasteiger partial charge in [0.05, 0.1) is 5.36 Å². The van der Waals surface area contributed by atoms with Crippen LogP contribution in [0.1, 0.15) is 0 Å². The molecule has 88 valence electrons. The van der Waals surface area contributed by atoms with Gasteiger partial charge in [0, 0.05) is 24.9 Å². The van der Waals surface area contributed by atoms with Crippen molar-refractivity contribution in [1.82, 2.24) is 0 Å². The summed E-state index contributed by atoms with van der Waals surface area (Å²) in [4.78, 5) is 20.5. The molecule has 3 aromatic carbocycles. The van der Waals surface area contributed by atoms with Crippen LogP contribution in [-0.4, -0.2) is 14.1 Å². The summed E-state index contributed by atoms with van der Waals surface area (Å²) < 4.78 is 0. The summed E-state index contributed by atoms with van der Waals surface area (Å²) in [6.45, 7) is 0. The molecule has 0 saturated heterocycles. The molecular weight excluding hydrogens is 224 g/mol. The maximum absolute atomic E-state index is 12.2. The first-order valence-corrected chi connectivity index (χ1v) is 5.78. The lowest BCUT2D eigenvalue weighted by molar-refractivity contribution is 1.18. The van der Waals surface area contributed by atoms with Crippen molar-refractivity contribution >= 4 is 21.5 Å². The zero-order chi connectivity index (χ0) is 12.7. The van der Waals surface area contributed by atoms with Crippen molar-refractivity contribution in [2.45, 2.75) is 0 Å². The maximum Gasteiger partial charge on any atom is 0.213 e. The number of fused-ring (bicyclic) bond motifs is 2.